The van der Waals surface area contributed by atoms with Crippen molar-refractivity contribution >= 4 is 11.8 Å². The molecule has 2 saturated carbocycles. The van der Waals surface area contributed by atoms with Gasteiger partial charge in [-0.05, 0) is 49.0 Å². The number of fused-ring (bicyclic) bond motifs is 1. The molecule has 1 aromatic heterocycles. The third-order valence-corrected chi connectivity index (χ3v) is 8.31. The Morgan fingerprint density at radius 1 is 1.19 bits per heavy atom. The van der Waals surface area contributed by atoms with Crippen LogP contribution in [0, 0.1) is 17.3 Å². The van der Waals surface area contributed by atoms with Crippen LogP contribution < -0.4 is 10.1 Å². The second kappa shape index (κ2) is 8.79. The normalized spacial score (nSPS) is 26.9. The minimum atomic E-state index is -0.433. The van der Waals surface area contributed by atoms with Gasteiger partial charge >= 0.3 is 0 Å². The molecule has 2 atom stereocenters. The van der Waals surface area contributed by atoms with Crippen molar-refractivity contribution in [1.29, 1.82) is 0 Å². The van der Waals surface area contributed by atoms with E-state index in [1.807, 2.05) is 6.07 Å². The van der Waals surface area contributed by atoms with Gasteiger partial charge in [-0.2, -0.15) is 0 Å². The lowest BCUT2D eigenvalue weighted by molar-refractivity contribution is -0.133. The van der Waals surface area contributed by atoms with Gasteiger partial charge in [0.15, 0.2) is 6.10 Å². The Balaban J connectivity index is 1.01. The summed E-state index contributed by atoms with van der Waals surface area (Å²) in [5.41, 5.74) is 1.35. The molecule has 3 heterocycles. The summed E-state index contributed by atoms with van der Waals surface area (Å²) >= 11 is 0. The predicted octanol–water partition coefficient (Wildman–Crippen LogP) is 3.49. The van der Waals surface area contributed by atoms with E-state index in [9.17, 15) is 9.59 Å². The predicted molar refractivity (Wildman–Crippen MR) is 118 cm³/mol. The van der Waals surface area contributed by atoms with Crippen LogP contribution in [0.5, 0.6) is 5.75 Å². The monoisotopic (exact) mass is 425 g/mol. The first-order valence-electron chi connectivity index (χ1n) is 12.3. The maximum atomic E-state index is 12.7. The number of hydrogen-bond acceptors (Lipinski definition) is 4. The highest BCUT2D eigenvalue weighted by Gasteiger charge is 2.54. The Bertz CT molecular complexity index is 787. The average molecular weight is 426 g/mol. The molecule has 1 N–H and O–H groups in total. The minimum Gasteiger partial charge on any atom is -0.480 e. The highest BCUT2D eigenvalue weighted by atomic mass is 16.5. The zero-order valence-corrected chi connectivity index (χ0v) is 18.5. The zero-order chi connectivity index (χ0) is 21.3. The van der Waals surface area contributed by atoms with Gasteiger partial charge in [-0.15, -0.1) is 0 Å². The summed E-state index contributed by atoms with van der Waals surface area (Å²) in [5, 5.41) is 3.12. The molecule has 3 fully saturated rings. The summed E-state index contributed by atoms with van der Waals surface area (Å²) in [4.78, 5) is 31.4. The Labute approximate surface area is 185 Å². The van der Waals surface area contributed by atoms with E-state index < -0.39 is 6.10 Å². The number of hydrogen-bond donors (Lipinski definition) is 1. The summed E-state index contributed by atoms with van der Waals surface area (Å²) in [6.07, 6.45) is 15.5. The standard InChI is InChI=1S/C25H35N3O3/c29-23(7-6-18-4-2-1-3-5-18)28-12-9-25(10-13-28)15-20(25)17-27-24(30)22-14-19-16-26-11-8-21(19)31-22/h8,11,16,18,20,22H,1-7,9-10,12-15,17H2,(H,27,30). The Kier molecular flexibility index (Phi) is 5.89. The van der Waals surface area contributed by atoms with Gasteiger partial charge in [-0.3, -0.25) is 14.6 Å². The third kappa shape index (κ3) is 4.58. The number of nitrogens with zero attached hydrogens (tertiary/aromatic N) is 2. The molecule has 2 amide bonds. The van der Waals surface area contributed by atoms with Gasteiger partial charge in [-0.25, -0.2) is 0 Å². The van der Waals surface area contributed by atoms with Crippen molar-refractivity contribution in [2.45, 2.75) is 76.7 Å². The van der Waals surface area contributed by atoms with Gasteiger partial charge in [0.05, 0.1) is 0 Å². The lowest BCUT2D eigenvalue weighted by Crippen LogP contribution is -2.41. The molecule has 6 nitrogen and oxygen atoms in total. The summed E-state index contributed by atoms with van der Waals surface area (Å²) in [7, 11) is 0. The topological polar surface area (TPSA) is 71.5 Å². The molecule has 31 heavy (non-hydrogen) atoms. The molecule has 168 valence electrons. The second-order valence-electron chi connectivity index (χ2n) is 10.2. The van der Waals surface area contributed by atoms with Gasteiger partial charge in [0.1, 0.15) is 5.75 Å². The average Bonchev–Trinajstić information content (AvgIpc) is 3.28. The summed E-state index contributed by atoms with van der Waals surface area (Å²) < 4.78 is 5.77. The fraction of sp³-hybridized carbons (Fsp3) is 0.720. The van der Waals surface area contributed by atoms with Gasteiger partial charge < -0.3 is 15.0 Å². The van der Waals surface area contributed by atoms with Crippen LogP contribution in [0.2, 0.25) is 0 Å². The number of likely N-dealkylation sites (tertiary alicyclic amines) is 1. The van der Waals surface area contributed by atoms with Crippen molar-refractivity contribution < 1.29 is 14.3 Å². The van der Waals surface area contributed by atoms with Gasteiger partial charge in [0.2, 0.25) is 5.91 Å². The Hall–Kier alpha value is -2.11. The smallest absolute Gasteiger partial charge is 0.261 e. The van der Waals surface area contributed by atoms with Crippen LogP contribution in [0.4, 0.5) is 0 Å². The maximum absolute atomic E-state index is 12.7. The fourth-order valence-electron chi connectivity index (χ4n) is 6.06. The van der Waals surface area contributed by atoms with Crippen LogP contribution >= 0.6 is 0 Å². The molecule has 0 radical (unpaired) electrons. The number of amides is 2. The minimum absolute atomic E-state index is 0.0198. The van der Waals surface area contributed by atoms with Crippen LogP contribution in [-0.2, 0) is 16.0 Å². The molecule has 2 aliphatic heterocycles. The quantitative estimate of drug-likeness (QED) is 0.757. The molecular formula is C25H35N3O3. The van der Waals surface area contributed by atoms with E-state index in [0.717, 1.165) is 62.5 Å². The van der Waals surface area contributed by atoms with Crippen LogP contribution in [0.3, 0.4) is 0 Å². The second-order valence-corrected chi connectivity index (χ2v) is 10.2. The number of aromatic nitrogens is 1. The SMILES string of the molecule is O=C(NCC1CC12CCN(C(=O)CCC1CCCCC1)CC2)C1Cc2cnccc2O1. The van der Waals surface area contributed by atoms with Gasteiger partial charge in [0.25, 0.3) is 5.91 Å². The first kappa shape index (κ1) is 20.8. The van der Waals surface area contributed by atoms with Crippen LogP contribution in [-0.4, -0.2) is 47.4 Å². The number of piperidine rings is 1. The lowest BCUT2D eigenvalue weighted by Gasteiger charge is -2.33. The van der Waals surface area contributed by atoms with Crippen molar-refractivity contribution in [3.8, 4) is 5.75 Å². The summed E-state index contributed by atoms with van der Waals surface area (Å²) in [6, 6.07) is 1.82. The van der Waals surface area contributed by atoms with Gasteiger partial charge in [-0.1, -0.05) is 32.1 Å². The Morgan fingerprint density at radius 2 is 2.00 bits per heavy atom. The van der Waals surface area contributed by atoms with Crippen LogP contribution in [0.25, 0.3) is 0 Å². The zero-order valence-electron chi connectivity index (χ0n) is 18.5. The van der Waals surface area contributed by atoms with E-state index in [4.69, 9.17) is 4.74 Å². The first-order valence-corrected chi connectivity index (χ1v) is 12.3. The molecule has 2 aliphatic carbocycles. The number of nitrogens with one attached hydrogen (secondary N) is 1. The molecule has 1 aromatic rings. The number of ether oxygens (including phenoxy) is 1. The van der Waals surface area contributed by atoms with E-state index in [0.29, 0.717) is 23.7 Å². The first-order chi connectivity index (χ1) is 15.1. The van der Waals surface area contributed by atoms with Crippen LogP contribution in [0.15, 0.2) is 18.5 Å². The molecule has 4 aliphatic rings. The molecule has 1 saturated heterocycles. The number of rotatable bonds is 6. The lowest BCUT2D eigenvalue weighted by atomic mass is 9.85. The summed E-state index contributed by atoms with van der Waals surface area (Å²) in [5.74, 6) is 2.44. The number of carbonyl (C=O) groups excluding carboxylic acids is 2. The van der Waals surface area contributed by atoms with E-state index in [1.165, 1.54) is 38.5 Å². The fourth-order valence-corrected chi connectivity index (χ4v) is 6.06. The van der Waals surface area contributed by atoms with Crippen molar-refractivity contribution in [2.24, 2.45) is 17.3 Å². The highest BCUT2D eigenvalue weighted by molar-refractivity contribution is 5.82. The third-order valence-electron chi connectivity index (χ3n) is 8.31. The molecular weight excluding hydrogens is 390 g/mol. The van der Waals surface area contributed by atoms with Crippen LogP contribution in [0.1, 0.15) is 69.8 Å². The van der Waals surface area contributed by atoms with E-state index in [2.05, 4.69) is 15.2 Å². The molecule has 6 heteroatoms. The Morgan fingerprint density at radius 3 is 2.77 bits per heavy atom. The largest absolute Gasteiger partial charge is 0.480 e. The van der Waals surface area contributed by atoms with Gasteiger partial charge in [0, 0.05) is 50.4 Å². The van der Waals surface area contributed by atoms with E-state index in [1.54, 1.807) is 12.4 Å². The molecule has 1 spiro atoms. The summed E-state index contributed by atoms with van der Waals surface area (Å²) in [6.45, 7) is 2.51. The van der Waals surface area contributed by atoms with E-state index in [-0.39, 0.29) is 5.91 Å². The highest BCUT2D eigenvalue weighted by Crippen LogP contribution is 2.59. The molecule has 5 rings (SSSR count). The van der Waals surface area contributed by atoms with E-state index >= 15 is 0 Å². The molecule has 0 bridgehead atoms. The number of carbonyl (C=O) groups is 2. The van der Waals surface area contributed by atoms with Crippen molar-refractivity contribution in [3.63, 3.8) is 0 Å². The molecule has 0 aromatic carbocycles. The number of pyridine rings is 1. The molecule has 2 unspecified atom stereocenters. The van der Waals surface area contributed by atoms with Crippen molar-refractivity contribution in [2.75, 3.05) is 19.6 Å². The van der Waals surface area contributed by atoms with Crippen molar-refractivity contribution in [3.05, 3.63) is 24.0 Å². The van der Waals surface area contributed by atoms with Crippen molar-refractivity contribution in [1.82, 2.24) is 15.2 Å². The maximum Gasteiger partial charge on any atom is 0.261 e.